The van der Waals surface area contributed by atoms with Crippen LogP contribution in [0.2, 0.25) is 0 Å². The van der Waals surface area contributed by atoms with Crippen LogP contribution in [0.4, 0.5) is 9.59 Å². The molecule has 0 aromatic rings. The molecule has 10 heavy (non-hydrogen) atoms. The Bertz CT molecular complexity index is 195. The summed E-state index contributed by atoms with van der Waals surface area (Å²) in [4.78, 5) is 31.1. The van der Waals surface area contributed by atoms with Crippen molar-refractivity contribution in [2.75, 3.05) is 6.54 Å². The SMILES string of the molecule is O=C(O)N1C(=O)CNC1=O. The third-order valence-corrected chi connectivity index (χ3v) is 1.03. The lowest BCUT2D eigenvalue weighted by atomic mass is 10.6. The fourth-order valence-corrected chi connectivity index (χ4v) is 0.616. The number of nitrogens with zero attached hydrogens (tertiary/aromatic N) is 1. The summed E-state index contributed by atoms with van der Waals surface area (Å²) in [5.74, 6) is -0.738. The lowest BCUT2D eigenvalue weighted by Crippen LogP contribution is -2.35. The molecule has 0 radical (unpaired) electrons. The molecule has 0 aromatic heterocycles. The van der Waals surface area contributed by atoms with Crippen LogP contribution in [0.3, 0.4) is 0 Å². The Labute approximate surface area is 55.4 Å². The zero-order chi connectivity index (χ0) is 7.72. The summed E-state index contributed by atoms with van der Waals surface area (Å²) >= 11 is 0. The van der Waals surface area contributed by atoms with Gasteiger partial charge in [0.25, 0.3) is 5.91 Å². The van der Waals surface area contributed by atoms with Gasteiger partial charge in [0.1, 0.15) is 0 Å². The van der Waals surface area contributed by atoms with Gasteiger partial charge >= 0.3 is 12.1 Å². The van der Waals surface area contributed by atoms with E-state index in [4.69, 9.17) is 5.11 Å². The van der Waals surface area contributed by atoms with E-state index >= 15 is 0 Å². The van der Waals surface area contributed by atoms with Crippen LogP contribution in [0.5, 0.6) is 0 Å². The van der Waals surface area contributed by atoms with Crippen LogP contribution in [0.25, 0.3) is 0 Å². The van der Waals surface area contributed by atoms with Crippen LogP contribution >= 0.6 is 0 Å². The molecule has 0 atom stereocenters. The minimum Gasteiger partial charge on any atom is -0.464 e. The van der Waals surface area contributed by atoms with Gasteiger partial charge in [0.05, 0.1) is 6.54 Å². The number of hydrogen-bond donors (Lipinski definition) is 2. The molecule has 1 heterocycles. The number of hydrogen-bond acceptors (Lipinski definition) is 3. The highest BCUT2D eigenvalue weighted by atomic mass is 16.4. The van der Waals surface area contributed by atoms with Gasteiger partial charge in [-0.25, -0.2) is 9.59 Å². The zero-order valence-corrected chi connectivity index (χ0v) is 4.83. The fraction of sp³-hybridized carbons (Fsp3) is 0.250. The molecule has 0 spiro atoms. The van der Waals surface area contributed by atoms with Crippen molar-refractivity contribution in [3.63, 3.8) is 0 Å². The second-order valence-corrected chi connectivity index (χ2v) is 1.67. The second kappa shape index (κ2) is 1.98. The van der Waals surface area contributed by atoms with Crippen LogP contribution < -0.4 is 5.32 Å². The molecule has 0 unspecified atom stereocenters. The van der Waals surface area contributed by atoms with E-state index in [0.717, 1.165) is 0 Å². The summed E-state index contributed by atoms with van der Waals surface area (Å²) in [6, 6.07) is -0.877. The van der Waals surface area contributed by atoms with Crippen molar-refractivity contribution < 1.29 is 19.5 Å². The number of rotatable bonds is 0. The Morgan fingerprint density at radius 3 is 2.40 bits per heavy atom. The first kappa shape index (κ1) is 6.53. The van der Waals surface area contributed by atoms with Gasteiger partial charge in [-0.15, -0.1) is 0 Å². The van der Waals surface area contributed by atoms with Gasteiger partial charge in [-0.3, -0.25) is 4.79 Å². The van der Waals surface area contributed by atoms with Crippen molar-refractivity contribution in [3.8, 4) is 0 Å². The van der Waals surface area contributed by atoms with Crippen LogP contribution in [0.1, 0.15) is 0 Å². The predicted molar refractivity (Wildman–Crippen MR) is 28.3 cm³/mol. The monoisotopic (exact) mass is 144 g/mol. The highest BCUT2D eigenvalue weighted by Gasteiger charge is 2.33. The van der Waals surface area contributed by atoms with Gasteiger partial charge in [0, 0.05) is 0 Å². The molecular weight excluding hydrogens is 140 g/mol. The molecule has 0 saturated carbocycles. The van der Waals surface area contributed by atoms with E-state index in [1.807, 2.05) is 0 Å². The maximum atomic E-state index is 10.5. The van der Waals surface area contributed by atoms with Crippen LogP contribution in [-0.2, 0) is 4.79 Å². The molecule has 4 amide bonds. The molecule has 1 saturated heterocycles. The molecule has 1 rings (SSSR count). The summed E-state index contributed by atoms with van der Waals surface area (Å²) < 4.78 is 0. The summed E-state index contributed by atoms with van der Waals surface area (Å²) in [6.07, 6.45) is -1.54. The average Bonchev–Trinajstić information content (AvgIpc) is 2.11. The fourth-order valence-electron chi connectivity index (χ4n) is 0.616. The smallest absolute Gasteiger partial charge is 0.422 e. The van der Waals surface area contributed by atoms with E-state index in [1.54, 1.807) is 0 Å². The maximum absolute atomic E-state index is 10.5. The molecule has 0 bridgehead atoms. The van der Waals surface area contributed by atoms with Crippen molar-refractivity contribution in [1.82, 2.24) is 10.2 Å². The molecule has 54 valence electrons. The van der Waals surface area contributed by atoms with Crippen molar-refractivity contribution >= 4 is 18.0 Å². The van der Waals surface area contributed by atoms with E-state index in [-0.39, 0.29) is 11.4 Å². The first-order valence-corrected chi connectivity index (χ1v) is 2.46. The minimum atomic E-state index is -1.54. The quantitative estimate of drug-likeness (QED) is 0.436. The summed E-state index contributed by atoms with van der Waals surface area (Å²) in [5, 5.41) is 10.3. The molecule has 1 fully saturated rings. The van der Waals surface area contributed by atoms with Crippen LogP contribution in [0, 0.1) is 0 Å². The predicted octanol–water partition coefficient (Wildman–Crippen LogP) is -0.784. The van der Waals surface area contributed by atoms with Gasteiger partial charge in [0.2, 0.25) is 0 Å². The van der Waals surface area contributed by atoms with Gasteiger partial charge < -0.3 is 10.4 Å². The number of imide groups is 3. The highest BCUT2D eigenvalue weighted by molar-refractivity contribution is 6.12. The largest absolute Gasteiger partial charge is 0.464 e. The van der Waals surface area contributed by atoms with E-state index in [9.17, 15) is 14.4 Å². The van der Waals surface area contributed by atoms with Gasteiger partial charge in [0.15, 0.2) is 0 Å². The Hall–Kier alpha value is -1.59. The van der Waals surface area contributed by atoms with E-state index < -0.39 is 18.0 Å². The molecule has 2 N–H and O–H groups in total. The summed E-state index contributed by atoms with van der Waals surface area (Å²) in [5.41, 5.74) is 0. The van der Waals surface area contributed by atoms with E-state index in [2.05, 4.69) is 5.32 Å². The van der Waals surface area contributed by atoms with Gasteiger partial charge in [-0.1, -0.05) is 0 Å². The number of urea groups is 1. The number of nitrogens with one attached hydrogen (secondary N) is 1. The van der Waals surface area contributed by atoms with Gasteiger partial charge in [-0.05, 0) is 0 Å². The lowest BCUT2D eigenvalue weighted by molar-refractivity contribution is -0.123. The first-order chi connectivity index (χ1) is 4.63. The molecule has 6 heteroatoms. The van der Waals surface area contributed by atoms with Crippen LogP contribution in [-0.4, -0.2) is 34.6 Å². The zero-order valence-electron chi connectivity index (χ0n) is 4.83. The molecule has 6 nitrogen and oxygen atoms in total. The highest BCUT2D eigenvalue weighted by Crippen LogP contribution is 1.97. The lowest BCUT2D eigenvalue weighted by Gasteiger charge is -2.02. The number of carbonyl (C=O) groups excluding carboxylic acids is 2. The van der Waals surface area contributed by atoms with Crippen molar-refractivity contribution in [3.05, 3.63) is 0 Å². The summed E-state index contributed by atoms with van der Waals surface area (Å²) in [7, 11) is 0. The topological polar surface area (TPSA) is 86.7 Å². The minimum absolute atomic E-state index is 0.139. The van der Waals surface area contributed by atoms with Crippen molar-refractivity contribution in [2.45, 2.75) is 0 Å². The number of amides is 4. The summed E-state index contributed by atoms with van der Waals surface area (Å²) in [6.45, 7) is -0.231. The Morgan fingerprint density at radius 1 is 1.60 bits per heavy atom. The molecule has 0 aliphatic carbocycles. The number of carbonyl (C=O) groups is 3. The van der Waals surface area contributed by atoms with E-state index in [0.29, 0.717) is 0 Å². The van der Waals surface area contributed by atoms with Gasteiger partial charge in [-0.2, -0.15) is 4.90 Å². The molecular formula is C4H4N2O4. The Kier molecular flexibility index (Phi) is 1.29. The first-order valence-electron chi connectivity index (χ1n) is 2.46. The maximum Gasteiger partial charge on any atom is 0.422 e. The second-order valence-electron chi connectivity index (χ2n) is 1.67. The van der Waals surface area contributed by atoms with E-state index in [1.165, 1.54) is 0 Å². The number of carboxylic acid groups (broad SMARTS) is 1. The van der Waals surface area contributed by atoms with Crippen molar-refractivity contribution in [1.29, 1.82) is 0 Å². The van der Waals surface area contributed by atoms with Crippen molar-refractivity contribution in [2.24, 2.45) is 0 Å². The Balaban J connectivity index is 2.82. The Morgan fingerprint density at radius 2 is 2.20 bits per heavy atom. The molecule has 0 aromatic carbocycles. The third kappa shape index (κ3) is 0.790. The van der Waals surface area contributed by atoms with Crippen LogP contribution in [0.15, 0.2) is 0 Å². The third-order valence-electron chi connectivity index (χ3n) is 1.03. The standard InChI is InChI=1S/C4H4N2O4/c7-2-1-5-3(8)6(2)4(9)10/h1H2,(H,5,8)(H,9,10). The normalized spacial score (nSPS) is 17.4. The molecule has 1 aliphatic heterocycles. The molecule has 1 aliphatic rings. The average molecular weight is 144 g/mol.